The minimum absolute atomic E-state index is 0.103. The van der Waals surface area contributed by atoms with Crippen LogP contribution in [0.3, 0.4) is 0 Å². The van der Waals surface area contributed by atoms with Crippen molar-refractivity contribution in [3.8, 4) is 0 Å². The second kappa shape index (κ2) is 7.98. The number of carbonyl (C=O) groups is 1. The summed E-state index contributed by atoms with van der Waals surface area (Å²) in [7, 11) is 0. The third-order valence-corrected chi connectivity index (χ3v) is 5.29. The van der Waals surface area contributed by atoms with Crippen molar-refractivity contribution >= 4 is 5.91 Å². The zero-order valence-corrected chi connectivity index (χ0v) is 15.1. The molecule has 1 amide bonds. The third-order valence-electron chi connectivity index (χ3n) is 5.29. The van der Waals surface area contributed by atoms with Crippen molar-refractivity contribution in [2.45, 2.75) is 58.4 Å². The lowest BCUT2D eigenvalue weighted by molar-refractivity contribution is 0.0914. The highest BCUT2D eigenvalue weighted by Crippen LogP contribution is 2.22. The van der Waals surface area contributed by atoms with Gasteiger partial charge in [0.05, 0.1) is 0 Å². The fraction of sp³-hybridized carbons (Fsp3) is 0.571. The zero-order valence-electron chi connectivity index (χ0n) is 15.1. The molecule has 3 nitrogen and oxygen atoms in total. The van der Waals surface area contributed by atoms with Gasteiger partial charge in [-0.1, -0.05) is 17.7 Å². The van der Waals surface area contributed by atoms with Crippen molar-refractivity contribution in [1.29, 1.82) is 0 Å². The van der Waals surface area contributed by atoms with Gasteiger partial charge in [0, 0.05) is 31.2 Å². The Morgan fingerprint density at radius 3 is 2.58 bits per heavy atom. The number of likely N-dealkylation sites (tertiary alicyclic amines) is 1. The standard InChI is InChI=1S/C21H30N2O/c1-16(2)9-12-23-13-10-20(11-14-23)22-21(24)19-8-7-17-5-3-4-6-18(17)15-19/h7-9,15,20H,3-6,10-14H2,1-2H3,(H,22,24). The van der Waals surface area contributed by atoms with E-state index < -0.39 is 0 Å². The van der Waals surface area contributed by atoms with Crippen molar-refractivity contribution in [2.75, 3.05) is 19.6 Å². The van der Waals surface area contributed by atoms with Gasteiger partial charge in [-0.15, -0.1) is 0 Å². The maximum absolute atomic E-state index is 12.6. The summed E-state index contributed by atoms with van der Waals surface area (Å²) >= 11 is 0. The topological polar surface area (TPSA) is 32.3 Å². The summed E-state index contributed by atoms with van der Waals surface area (Å²) < 4.78 is 0. The Hall–Kier alpha value is -1.61. The fourth-order valence-corrected chi connectivity index (χ4v) is 3.71. The van der Waals surface area contributed by atoms with Crippen LogP contribution in [-0.4, -0.2) is 36.5 Å². The summed E-state index contributed by atoms with van der Waals surface area (Å²) in [6.07, 6.45) is 9.21. The largest absolute Gasteiger partial charge is 0.349 e. The van der Waals surface area contributed by atoms with Gasteiger partial charge in [0.2, 0.25) is 0 Å². The smallest absolute Gasteiger partial charge is 0.251 e. The first-order valence-electron chi connectivity index (χ1n) is 9.40. The molecule has 0 bridgehead atoms. The van der Waals surface area contributed by atoms with Crippen LogP contribution in [0.25, 0.3) is 0 Å². The number of benzene rings is 1. The van der Waals surface area contributed by atoms with E-state index in [2.05, 4.69) is 42.3 Å². The minimum Gasteiger partial charge on any atom is -0.349 e. The summed E-state index contributed by atoms with van der Waals surface area (Å²) in [5.74, 6) is 0.103. The molecular weight excluding hydrogens is 296 g/mol. The average Bonchev–Trinajstić information content (AvgIpc) is 2.60. The highest BCUT2D eigenvalue weighted by molar-refractivity contribution is 5.94. The second-order valence-corrected chi connectivity index (χ2v) is 7.52. The van der Waals surface area contributed by atoms with Crippen LogP contribution in [0.15, 0.2) is 29.8 Å². The Labute approximate surface area is 146 Å². The number of amides is 1. The van der Waals surface area contributed by atoms with Crippen LogP contribution < -0.4 is 5.32 Å². The molecule has 0 radical (unpaired) electrons. The van der Waals surface area contributed by atoms with Gasteiger partial charge in [-0.2, -0.15) is 0 Å². The van der Waals surface area contributed by atoms with Gasteiger partial charge in [-0.3, -0.25) is 9.69 Å². The number of carbonyl (C=O) groups excluding carboxylic acids is 1. The molecule has 0 spiro atoms. The lowest BCUT2D eigenvalue weighted by Gasteiger charge is -2.31. The molecule has 2 aliphatic rings. The quantitative estimate of drug-likeness (QED) is 0.855. The number of fused-ring (bicyclic) bond motifs is 1. The van der Waals surface area contributed by atoms with Crippen LogP contribution in [0, 0.1) is 0 Å². The van der Waals surface area contributed by atoms with Crippen LogP contribution in [0.1, 0.15) is 61.0 Å². The number of piperidine rings is 1. The van der Waals surface area contributed by atoms with Crippen molar-refractivity contribution in [3.63, 3.8) is 0 Å². The molecule has 3 rings (SSSR count). The summed E-state index contributed by atoms with van der Waals surface area (Å²) in [5, 5.41) is 3.25. The number of allylic oxidation sites excluding steroid dienone is 1. The number of hydrogen-bond donors (Lipinski definition) is 1. The molecule has 3 heteroatoms. The third kappa shape index (κ3) is 4.47. The van der Waals surface area contributed by atoms with E-state index in [1.807, 2.05) is 6.07 Å². The molecule has 1 fully saturated rings. The van der Waals surface area contributed by atoms with Crippen LogP contribution in [0.2, 0.25) is 0 Å². The Morgan fingerprint density at radius 2 is 1.88 bits per heavy atom. The Bertz CT molecular complexity index is 608. The number of hydrogen-bond acceptors (Lipinski definition) is 2. The van der Waals surface area contributed by atoms with Gasteiger partial charge in [0.25, 0.3) is 5.91 Å². The molecule has 1 N–H and O–H groups in total. The van der Waals surface area contributed by atoms with Gasteiger partial charge < -0.3 is 5.32 Å². The molecule has 0 atom stereocenters. The first kappa shape index (κ1) is 17.2. The predicted octanol–water partition coefficient (Wildman–Crippen LogP) is 3.73. The van der Waals surface area contributed by atoms with Crippen LogP contribution in [0.5, 0.6) is 0 Å². The molecule has 0 aromatic heterocycles. The Morgan fingerprint density at radius 1 is 1.17 bits per heavy atom. The number of nitrogens with zero attached hydrogens (tertiary/aromatic N) is 1. The van der Waals surface area contributed by atoms with E-state index in [0.717, 1.165) is 44.5 Å². The molecule has 24 heavy (non-hydrogen) atoms. The van der Waals surface area contributed by atoms with Crippen molar-refractivity contribution in [1.82, 2.24) is 10.2 Å². The Kier molecular flexibility index (Phi) is 5.72. The molecule has 130 valence electrons. The average molecular weight is 326 g/mol. The van der Waals surface area contributed by atoms with E-state index in [1.165, 1.54) is 36.0 Å². The number of nitrogens with one attached hydrogen (secondary N) is 1. The molecule has 1 aliphatic carbocycles. The number of rotatable bonds is 4. The van der Waals surface area contributed by atoms with Gasteiger partial charge in [-0.25, -0.2) is 0 Å². The summed E-state index contributed by atoms with van der Waals surface area (Å²) in [6.45, 7) is 7.46. The molecule has 0 saturated carbocycles. The maximum atomic E-state index is 12.6. The summed E-state index contributed by atoms with van der Waals surface area (Å²) in [5.41, 5.74) is 5.02. The Balaban J connectivity index is 1.52. The maximum Gasteiger partial charge on any atom is 0.251 e. The predicted molar refractivity (Wildman–Crippen MR) is 99.4 cm³/mol. The highest BCUT2D eigenvalue weighted by atomic mass is 16.1. The summed E-state index contributed by atoms with van der Waals surface area (Å²) in [6, 6.07) is 6.60. The molecule has 1 heterocycles. The zero-order chi connectivity index (χ0) is 16.9. The highest BCUT2D eigenvalue weighted by Gasteiger charge is 2.21. The minimum atomic E-state index is 0.103. The van der Waals surface area contributed by atoms with E-state index in [-0.39, 0.29) is 5.91 Å². The van der Waals surface area contributed by atoms with Crippen LogP contribution >= 0.6 is 0 Å². The van der Waals surface area contributed by atoms with E-state index in [0.29, 0.717) is 6.04 Å². The van der Waals surface area contributed by atoms with Gasteiger partial charge in [0.1, 0.15) is 0 Å². The van der Waals surface area contributed by atoms with Gasteiger partial charge in [-0.05, 0) is 75.6 Å². The van der Waals surface area contributed by atoms with E-state index in [4.69, 9.17) is 0 Å². The second-order valence-electron chi connectivity index (χ2n) is 7.52. The normalized spacial score (nSPS) is 18.8. The van der Waals surface area contributed by atoms with Crippen LogP contribution in [-0.2, 0) is 12.8 Å². The molecular formula is C21H30N2O. The van der Waals surface area contributed by atoms with Gasteiger partial charge >= 0.3 is 0 Å². The molecule has 1 saturated heterocycles. The van der Waals surface area contributed by atoms with Crippen molar-refractivity contribution < 1.29 is 4.79 Å². The summed E-state index contributed by atoms with van der Waals surface area (Å²) in [4.78, 5) is 15.0. The fourth-order valence-electron chi connectivity index (χ4n) is 3.71. The lowest BCUT2D eigenvalue weighted by Crippen LogP contribution is -2.44. The van der Waals surface area contributed by atoms with Gasteiger partial charge in [0.15, 0.2) is 0 Å². The molecule has 1 aromatic carbocycles. The first-order chi connectivity index (χ1) is 11.6. The SMILES string of the molecule is CC(C)=CCN1CCC(NC(=O)c2ccc3c(c2)CCCC3)CC1. The number of aryl methyl sites for hydroxylation is 2. The van der Waals surface area contributed by atoms with Crippen LogP contribution in [0.4, 0.5) is 0 Å². The van der Waals surface area contributed by atoms with Crippen molar-refractivity contribution in [3.05, 3.63) is 46.5 Å². The first-order valence-corrected chi connectivity index (χ1v) is 9.40. The van der Waals surface area contributed by atoms with E-state index in [9.17, 15) is 4.79 Å². The van der Waals surface area contributed by atoms with E-state index in [1.54, 1.807) is 0 Å². The van der Waals surface area contributed by atoms with Crippen molar-refractivity contribution in [2.24, 2.45) is 0 Å². The monoisotopic (exact) mass is 326 g/mol. The lowest BCUT2D eigenvalue weighted by atomic mass is 9.90. The molecule has 1 aliphatic heterocycles. The van der Waals surface area contributed by atoms with E-state index >= 15 is 0 Å². The molecule has 0 unspecified atom stereocenters. The molecule has 1 aromatic rings.